The molecule has 1 aliphatic heterocycles. The number of benzene rings is 1. The van der Waals surface area contributed by atoms with Gasteiger partial charge in [0.05, 0.1) is 11.3 Å². The molecule has 0 saturated carbocycles. The zero-order valence-electron chi connectivity index (χ0n) is 10.8. The minimum atomic E-state index is -0.666. The monoisotopic (exact) mass is 267 g/mol. The maximum Gasteiger partial charge on any atom is 0.170 e. The van der Waals surface area contributed by atoms with Crippen molar-refractivity contribution in [3.05, 3.63) is 29.6 Å². The minimum Gasteiger partial charge on any atom is -0.409 e. The van der Waals surface area contributed by atoms with Crippen molar-refractivity contribution in [2.24, 2.45) is 10.9 Å². The van der Waals surface area contributed by atoms with Crippen molar-refractivity contribution < 1.29 is 14.7 Å². The average Bonchev–Trinajstić information content (AvgIpc) is 2.38. The van der Waals surface area contributed by atoms with E-state index in [1.54, 1.807) is 19.1 Å². The van der Waals surface area contributed by atoms with Gasteiger partial charge in [0.1, 0.15) is 5.82 Å². The lowest BCUT2D eigenvalue weighted by Gasteiger charge is -2.37. The number of hydrogen-bond acceptors (Lipinski definition) is 4. The second-order valence-corrected chi connectivity index (χ2v) is 5.14. The Kier molecular flexibility index (Phi) is 3.61. The maximum absolute atomic E-state index is 14.0. The highest BCUT2D eigenvalue weighted by Crippen LogP contribution is 2.28. The first-order chi connectivity index (χ1) is 8.93. The molecule has 104 valence electrons. The summed E-state index contributed by atoms with van der Waals surface area (Å²) in [5, 5.41) is 21.3. The molecule has 5 nitrogen and oxygen atoms in total. The summed E-state index contributed by atoms with van der Waals surface area (Å²) in [5.74, 6) is -0.530. The Hall–Kier alpha value is -1.82. The van der Waals surface area contributed by atoms with Gasteiger partial charge in [-0.25, -0.2) is 4.39 Å². The summed E-state index contributed by atoms with van der Waals surface area (Å²) in [6.45, 7) is 3.00. The second-order valence-electron chi connectivity index (χ2n) is 5.14. The number of nitrogens with zero attached hydrogens (tertiary/aromatic N) is 2. The molecule has 0 aromatic heterocycles. The summed E-state index contributed by atoms with van der Waals surface area (Å²) in [4.78, 5) is 1.89. The smallest absolute Gasteiger partial charge is 0.170 e. The molecule has 1 aromatic carbocycles. The molecule has 2 rings (SSSR count). The van der Waals surface area contributed by atoms with Gasteiger partial charge in [0.15, 0.2) is 5.84 Å². The fourth-order valence-electron chi connectivity index (χ4n) is 2.21. The minimum absolute atomic E-state index is 0.118. The quantitative estimate of drug-likeness (QED) is 0.326. The van der Waals surface area contributed by atoms with E-state index in [0.29, 0.717) is 37.2 Å². The molecule has 6 heteroatoms. The molecule has 1 fully saturated rings. The van der Waals surface area contributed by atoms with Crippen molar-refractivity contribution in [1.82, 2.24) is 0 Å². The van der Waals surface area contributed by atoms with Crippen LogP contribution in [0.5, 0.6) is 0 Å². The van der Waals surface area contributed by atoms with E-state index in [1.807, 2.05) is 4.90 Å². The Labute approximate surface area is 111 Å². The molecule has 0 bridgehead atoms. The molecule has 0 atom stereocenters. The number of rotatable bonds is 2. The third-order valence-corrected chi connectivity index (χ3v) is 3.53. The van der Waals surface area contributed by atoms with Crippen LogP contribution in [0.3, 0.4) is 0 Å². The van der Waals surface area contributed by atoms with Gasteiger partial charge in [0.2, 0.25) is 0 Å². The number of piperidine rings is 1. The van der Waals surface area contributed by atoms with Crippen LogP contribution < -0.4 is 10.6 Å². The van der Waals surface area contributed by atoms with Crippen LogP contribution in [-0.2, 0) is 0 Å². The van der Waals surface area contributed by atoms with Crippen LogP contribution in [0.1, 0.15) is 25.3 Å². The van der Waals surface area contributed by atoms with E-state index in [9.17, 15) is 9.50 Å². The van der Waals surface area contributed by atoms with Crippen LogP contribution in [0.2, 0.25) is 0 Å². The fraction of sp³-hybridized carbons (Fsp3) is 0.462. The van der Waals surface area contributed by atoms with E-state index in [2.05, 4.69) is 5.16 Å². The molecule has 4 N–H and O–H groups in total. The maximum atomic E-state index is 14.0. The lowest BCUT2D eigenvalue weighted by atomic mass is 9.93. The van der Waals surface area contributed by atoms with Gasteiger partial charge < -0.3 is 20.9 Å². The van der Waals surface area contributed by atoms with Crippen molar-refractivity contribution in [3.63, 3.8) is 0 Å². The Morgan fingerprint density at radius 2 is 2.05 bits per heavy atom. The van der Waals surface area contributed by atoms with Gasteiger partial charge in [-0.15, -0.1) is 0 Å². The van der Waals surface area contributed by atoms with Crippen LogP contribution in [0.15, 0.2) is 23.4 Å². The zero-order valence-corrected chi connectivity index (χ0v) is 10.8. The van der Waals surface area contributed by atoms with Gasteiger partial charge in [-0.1, -0.05) is 5.16 Å². The first-order valence-electron chi connectivity index (χ1n) is 6.18. The summed E-state index contributed by atoms with van der Waals surface area (Å²) in [5.41, 5.74) is 5.57. The van der Waals surface area contributed by atoms with Crippen LogP contribution >= 0.6 is 0 Å². The third kappa shape index (κ3) is 2.96. The number of anilines is 1. The topological polar surface area (TPSA) is 82.1 Å². The van der Waals surface area contributed by atoms with Crippen LogP contribution in [0.4, 0.5) is 10.1 Å². The number of aliphatic hydroxyl groups is 1. The fourth-order valence-corrected chi connectivity index (χ4v) is 2.21. The predicted molar refractivity (Wildman–Crippen MR) is 71.0 cm³/mol. The summed E-state index contributed by atoms with van der Waals surface area (Å²) in [6.07, 6.45) is 1.21. The van der Waals surface area contributed by atoms with Gasteiger partial charge in [-0.3, -0.25) is 0 Å². The zero-order chi connectivity index (χ0) is 14.0. The average molecular weight is 267 g/mol. The normalized spacial score (nSPS) is 19.5. The molecule has 0 aliphatic carbocycles. The van der Waals surface area contributed by atoms with Crippen molar-refractivity contribution in [3.8, 4) is 0 Å². The molecular weight excluding hydrogens is 249 g/mol. The number of halogens is 1. The van der Waals surface area contributed by atoms with Crippen molar-refractivity contribution in [2.45, 2.75) is 25.4 Å². The first kappa shape index (κ1) is 13.6. The van der Waals surface area contributed by atoms with E-state index in [-0.39, 0.29) is 5.84 Å². The Morgan fingerprint density at radius 1 is 1.42 bits per heavy atom. The molecule has 1 aliphatic rings. The van der Waals surface area contributed by atoms with Crippen molar-refractivity contribution in [2.75, 3.05) is 18.0 Å². The standard InChI is InChI=1S/C13H18FN3O2/c1-13(18)4-6-17(7-5-13)11-3-2-9(8-10(11)14)12(15)16-19/h2-3,8,18-19H,4-7H2,1H3,(H2,15,16). The van der Waals surface area contributed by atoms with Crippen molar-refractivity contribution >= 4 is 11.5 Å². The molecular formula is C13H18FN3O2. The highest BCUT2D eigenvalue weighted by atomic mass is 19.1. The van der Waals surface area contributed by atoms with E-state index in [4.69, 9.17) is 10.9 Å². The summed E-state index contributed by atoms with van der Waals surface area (Å²) >= 11 is 0. The van der Waals surface area contributed by atoms with E-state index >= 15 is 0 Å². The highest BCUT2D eigenvalue weighted by Gasteiger charge is 2.28. The van der Waals surface area contributed by atoms with Gasteiger partial charge in [0, 0.05) is 18.7 Å². The van der Waals surface area contributed by atoms with E-state index in [1.165, 1.54) is 6.07 Å². The van der Waals surface area contributed by atoms with E-state index < -0.39 is 11.4 Å². The van der Waals surface area contributed by atoms with Gasteiger partial charge in [-0.2, -0.15) is 0 Å². The molecule has 1 heterocycles. The van der Waals surface area contributed by atoms with Crippen LogP contribution in [-0.4, -0.2) is 34.8 Å². The molecule has 1 saturated heterocycles. The second kappa shape index (κ2) is 5.05. The number of amidine groups is 1. The summed E-state index contributed by atoms with van der Waals surface area (Å²) in [7, 11) is 0. The van der Waals surface area contributed by atoms with Gasteiger partial charge >= 0.3 is 0 Å². The van der Waals surface area contributed by atoms with Crippen molar-refractivity contribution in [1.29, 1.82) is 0 Å². The number of nitrogens with two attached hydrogens (primary N) is 1. The number of oxime groups is 1. The summed E-state index contributed by atoms with van der Waals surface area (Å²) in [6, 6.07) is 4.47. The first-order valence-corrected chi connectivity index (χ1v) is 6.18. The SMILES string of the molecule is CC1(O)CCN(c2ccc(/C(N)=N/O)cc2F)CC1. The molecule has 0 unspecified atom stereocenters. The molecule has 0 radical (unpaired) electrons. The third-order valence-electron chi connectivity index (χ3n) is 3.53. The lowest BCUT2D eigenvalue weighted by Crippen LogP contribution is -2.42. The number of hydrogen-bond donors (Lipinski definition) is 3. The van der Waals surface area contributed by atoms with Gasteiger partial charge in [-0.05, 0) is 38.0 Å². The Balaban J connectivity index is 2.18. The van der Waals surface area contributed by atoms with Crippen LogP contribution in [0.25, 0.3) is 0 Å². The van der Waals surface area contributed by atoms with E-state index in [0.717, 1.165) is 0 Å². The van der Waals surface area contributed by atoms with Gasteiger partial charge in [0.25, 0.3) is 0 Å². The molecule has 1 aromatic rings. The largest absolute Gasteiger partial charge is 0.409 e. The highest BCUT2D eigenvalue weighted by molar-refractivity contribution is 5.97. The van der Waals surface area contributed by atoms with Crippen LogP contribution in [0, 0.1) is 5.82 Å². The molecule has 0 amide bonds. The Morgan fingerprint density at radius 3 is 2.58 bits per heavy atom. The molecule has 0 spiro atoms. The predicted octanol–water partition coefficient (Wildman–Crippen LogP) is 1.27. The Bertz CT molecular complexity index is 493. The molecule has 19 heavy (non-hydrogen) atoms. The summed E-state index contributed by atoms with van der Waals surface area (Å²) < 4.78 is 14.0. The lowest BCUT2D eigenvalue weighted by molar-refractivity contribution is 0.0350.